The molecule has 1 nitrogen and oxygen atoms in total. The Bertz CT molecular complexity index is 672. The number of hydrogen-bond donors (Lipinski definition) is 0. The molecule has 1 heterocycles. The van der Waals surface area contributed by atoms with Gasteiger partial charge < -0.3 is 0 Å². The van der Waals surface area contributed by atoms with Crippen molar-refractivity contribution < 1.29 is 0 Å². The van der Waals surface area contributed by atoms with Crippen molar-refractivity contribution >= 4 is 10.8 Å². The van der Waals surface area contributed by atoms with Crippen molar-refractivity contribution in [2.45, 2.75) is 13.3 Å². The predicted molar refractivity (Wildman–Crippen MR) is 74.6 cm³/mol. The Morgan fingerprint density at radius 3 is 2.89 bits per heavy atom. The minimum atomic E-state index is 0.835. The number of aromatic nitrogens is 1. The number of hydrogen-bond acceptors (Lipinski definition) is 1. The molecule has 0 fully saturated rings. The van der Waals surface area contributed by atoms with E-state index in [1.54, 1.807) is 0 Å². The zero-order valence-corrected chi connectivity index (χ0v) is 10.4. The van der Waals surface area contributed by atoms with Crippen molar-refractivity contribution in [2.24, 2.45) is 0 Å². The molecule has 0 amide bonds. The summed E-state index contributed by atoms with van der Waals surface area (Å²) in [5, 5.41) is 2.50. The Morgan fingerprint density at radius 2 is 2.06 bits per heavy atom. The molecule has 0 unspecified atom stereocenters. The van der Waals surface area contributed by atoms with E-state index in [0.29, 0.717) is 0 Å². The monoisotopic (exact) mass is 232 g/mol. The van der Waals surface area contributed by atoms with Gasteiger partial charge in [0.05, 0.1) is 5.69 Å². The van der Waals surface area contributed by atoms with Crippen LogP contribution in [0.5, 0.6) is 0 Å². The molecule has 1 aromatic heterocycles. The van der Waals surface area contributed by atoms with Crippen molar-refractivity contribution in [1.82, 2.24) is 4.98 Å². The smallest absolute Gasteiger partial charge is 0.0525 e. The largest absolute Gasteiger partial charge is 0.260 e. The van der Waals surface area contributed by atoms with Crippen molar-refractivity contribution in [1.29, 1.82) is 0 Å². The fraction of sp³-hybridized carbons (Fsp3) is 0.118. The van der Waals surface area contributed by atoms with Gasteiger partial charge in [0.25, 0.3) is 0 Å². The molecule has 3 aromatic rings. The SMILES string of the molecule is Cc1ccc2ccnc(Cc3[c]cccc3)c2c1. The first kappa shape index (κ1) is 11.0. The van der Waals surface area contributed by atoms with Crippen LogP contribution >= 0.6 is 0 Å². The number of fused-ring (bicyclic) bond motifs is 1. The highest BCUT2D eigenvalue weighted by atomic mass is 14.7. The van der Waals surface area contributed by atoms with E-state index in [-0.39, 0.29) is 0 Å². The highest BCUT2D eigenvalue weighted by molar-refractivity contribution is 5.85. The molecule has 0 N–H and O–H groups in total. The Kier molecular flexibility index (Phi) is 2.81. The van der Waals surface area contributed by atoms with Gasteiger partial charge in [0.2, 0.25) is 0 Å². The second-order valence-corrected chi connectivity index (χ2v) is 4.55. The van der Waals surface area contributed by atoms with Gasteiger partial charge in [0.15, 0.2) is 0 Å². The van der Waals surface area contributed by atoms with Crippen molar-refractivity contribution in [3.05, 3.63) is 77.6 Å². The molecule has 1 heteroatoms. The summed E-state index contributed by atoms with van der Waals surface area (Å²) in [6, 6.07) is 19.9. The third-order valence-corrected chi connectivity index (χ3v) is 3.14. The normalized spacial score (nSPS) is 10.7. The number of nitrogens with zero attached hydrogens (tertiary/aromatic N) is 1. The second kappa shape index (κ2) is 4.61. The number of aryl methyl sites for hydroxylation is 1. The van der Waals surface area contributed by atoms with Crippen LogP contribution in [0.3, 0.4) is 0 Å². The maximum Gasteiger partial charge on any atom is 0.0525 e. The van der Waals surface area contributed by atoms with Crippen molar-refractivity contribution in [2.75, 3.05) is 0 Å². The highest BCUT2D eigenvalue weighted by Crippen LogP contribution is 2.20. The summed E-state index contributed by atoms with van der Waals surface area (Å²) in [4.78, 5) is 4.52. The van der Waals surface area contributed by atoms with Crippen LogP contribution in [-0.2, 0) is 6.42 Å². The lowest BCUT2D eigenvalue weighted by atomic mass is 10.0. The Morgan fingerprint density at radius 1 is 1.11 bits per heavy atom. The summed E-state index contributed by atoms with van der Waals surface area (Å²) in [6.45, 7) is 2.12. The van der Waals surface area contributed by atoms with Gasteiger partial charge in [-0.2, -0.15) is 0 Å². The van der Waals surface area contributed by atoms with Crippen LogP contribution in [0.25, 0.3) is 10.8 Å². The van der Waals surface area contributed by atoms with Gasteiger partial charge in [-0.3, -0.25) is 4.98 Å². The lowest BCUT2D eigenvalue weighted by molar-refractivity contribution is 1.09. The standard InChI is InChI=1S/C17H14N/c1-13-7-8-15-9-10-18-17(16(15)11-13)12-14-5-3-2-4-6-14/h2-5,7-11H,12H2,1H3. The average Bonchev–Trinajstić information content (AvgIpc) is 2.41. The third kappa shape index (κ3) is 2.12. The molecule has 0 aliphatic heterocycles. The summed E-state index contributed by atoms with van der Waals surface area (Å²) in [5.74, 6) is 0. The zero-order chi connectivity index (χ0) is 12.4. The molecule has 0 bridgehead atoms. The van der Waals surface area contributed by atoms with E-state index in [2.05, 4.69) is 48.3 Å². The van der Waals surface area contributed by atoms with E-state index >= 15 is 0 Å². The molecule has 0 saturated carbocycles. The van der Waals surface area contributed by atoms with Crippen LogP contribution in [0.2, 0.25) is 0 Å². The molecule has 2 aromatic carbocycles. The summed E-state index contributed by atoms with van der Waals surface area (Å²) < 4.78 is 0. The third-order valence-electron chi connectivity index (χ3n) is 3.14. The Balaban J connectivity index is 2.09. The molecular formula is C17H14N. The second-order valence-electron chi connectivity index (χ2n) is 4.55. The molecule has 0 saturated heterocycles. The molecule has 87 valence electrons. The molecule has 0 aliphatic carbocycles. The first-order valence-corrected chi connectivity index (χ1v) is 6.13. The van der Waals surface area contributed by atoms with E-state index in [4.69, 9.17) is 0 Å². The van der Waals surface area contributed by atoms with Gasteiger partial charge in [-0.05, 0) is 36.1 Å². The molecule has 0 spiro atoms. The first-order chi connectivity index (χ1) is 8.83. The van der Waals surface area contributed by atoms with Crippen LogP contribution in [0.4, 0.5) is 0 Å². The van der Waals surface area contributed by atoms with Gasteiger partial charge in [-0.25, -0.2) is 0 Å². The van der Waals surface area contributed by atoms with E-state index in [1.165, 1.54) is 21.9 Å². The van der Waals surface area contributed by atoms with Crippen LogP contribution in [0.15, 0.2) is 54.7 Å². The summed E-state index contributed by atoms with van der Waals surface area (Å²) in [7, 11) is 0. The van der Waals surface area contributed by atoms with Gasteiger partial charge in [-0.1, -0.05) is 42.0 Å². The topological polar surface area (TPSA) is 12.9 Å². The Hall–Kier alpha value is -2.15. The van der Waals surface area contributed by atoms with Crippen LogP contribution < -0.4 is 0 Å². The maximum absolute atomic E-state index is 4.52. The van der Waals surface area contributed by atoms with E-state index in [0.717, 1.165) is 12.1 Å². The van der Waals surface area contributed by atoms with Crippen LogP contribution in [0, 0.1) is 13.0 Å². The Labute approximate surface area is 107 Å². The lowest BCUT2D eigenvalue weighted by Crippen LogP contribution is -1.94. The van der Waals surface area contributed by atoms with Crippen LogP contribution in [-0.4, -0.2) is 4.98 Å². The molecule has 1 radical (unpaired) electrons. The van der Waals surface area contributed by atoms with Crippen LogP contribution in [0.1, 0.15) is 16.8 Å². The van der Waals surface area contributed by atoms with Gasteiger partial charge in [0.1, 0.15) is 0 Å². The molecule has 3 rings (SSSR count). The lowest BCUT2D eigenvalue weighted by Gasteiger charge is -2.06. The molecule has 0 atom stereocenters. The summed E-state index contributed by atoms with van der Waals surface area (Å²) >= 11 is 0. The van der Waals surface area contributed by atoms with Gasteiger partial charge in [0, 0.05) is 18.0 Å². The minimum absolute atomic E-state index is 0.835. The highest BCUT2D eigenvalue weighted by Gasteiger charge is 2.03. The van der Waals surface area contributed by atoms with E-state index in [1.807, 2.05) is 24.4 Å². The fourth-order valence-electron chi connectivity index (χ4n) is 2.20. The number of benzene rings is 2. The van der Waals surface area contributed by atoms with E-state index in [9.17, 15) is 0 Å². The number of pyridine rings is 1. The quantitative estimate of drug-likeness (QED) is 0.652. The summed E-state index contributed by atoms with van der Waals surface area (Å²) in [6.07, 6.45) is 2.72. The summed E-state index contributed by atoms with van der Waals surface area (Å²) in [5.41, 5.74) is 3.58. The predicted octanol–water partition coefficient (Wildman–Crippen LogP) is 3.93. The van der Waals surface area contributed by atoms with Crippen molar-refractivity contribution in [3.8, 4) is 0 Å². The average molecular weight is 232 g/mol. The minimum Gasteiger partial charge on any atom is -0.260 e. The van der Waals surface area contributed by atoms with E-state index < -0.39 is 0 Å². The molecule has 0 aliphatic rings. The van der Waals surface area contributed by atoms with Gasteiger partial charge >= 0.3 is 0 Å². The zero-order valence-electron chi connectivity index (χ0n) is 10.4. The van der Waals surface area contributed by atoms with Gasteiger partial charge in [-0.15, -0.1) is 0 Å². The van der Waals surface area contributed by atoms with Crippen molar-refractivity contribution in [3.63, 3.8) is 0 Å². The molecular weight excluding hydrogens is 218 g/mol. The molecule has 18 heavy (non-hydrogen) atoms. The number of rotatable bonds is 2. The fourth-order valence-corrected chi connectivity index (χ4v) is 2.20. The maximum atomic E-state index is 4.52. The first-order valence-electron chi connectivity index (χ1n) is 6.13.